The van der Waals surface area contributed by atoms with Crippen molar-refractivity contribution >= 4 is 29.9 Å². The lowest BCUT2D eigenvalue weighted by atomic mass is 10.3. The topological polar surface area (TPSA) is 179 Å². The largest absolute Gasteiger partial charge is 0.478 e. The third-order valence-corrected chi connectivity index (χ3v) is 3.51. The molecule has 13 nitrogen and oxygen atoms in total. The predicted octanol–water partition coefficient (Wildman–Crippen LogP) is -0.403. The highest BCUT2D eigenvalue weighted by atomic mass is 16.6. The minimum atomic E-state index is -1.26. The van der Waals surface area contributed by atoms with E-state index < -0.39 is 16.9 Å². The summed E-state index contributed by atoms with van der Waals surface area (Å²) in [6.45, 7) is 3.85. The Hall–Kier alpha value is -3.58. The number of hydrazone groups is 1. The molecule has 1 saturated heterocycles. The Balaban J connectivity index is 0.000000447. The molecule has 2 heterocycles. The summed E-state index contributed by atoms with van der Waals surface area (Å²) in [5.74, 6) is -2.89. The van der Waals surface area contributed by atoms with Crippen molar-refractivity contribution in [3.63, 3.8) is 0 Å². The molecule has 158 valence electrons. The van der Waals surface area contributed by atoms with Crippen molar-refractivity contribution in [1.29, 1.82) is 0 Å². The Morgan fingerprint density at radius 1 is 1.21 bits per heavy atom. The number of amides is 1. The van der Waals surface area contributed by atoms with E-state index in [9.17, 15) is 24.5 Å². The fourth-order valence-electron chi connectivity index (χ4n) is 2.06. The first-order valence-corrected chi connectivity index (χ1v) is 8.28. The number of aliphatic carboxylic acids is 2. The van der Waals surface area contributed by atoms with E-state index in [1.54, 1.807) is 0 Å². The average Bonchev–Trinajstić information content (AvgIpc) is 3.12. The van der Waals surface area contributed by atoms with Crippen molar-refractivity contribution in [2.75, 3.05) is 39.8 Å². The van der Waals surface area contributed by atoms with Crippen molar-refractivity contribution in [1.82, 2.24) is 15.2 Å². The Kier molecular flexibility index (Phi) is 9.70. The third-order valence-electron chi connectivity index (χ3n) is 3.51. The molecular weight excluding hydrogens is 390 g/mol. The number of nitrogens with one attached hydrogen (secondary N) is 1. The number of piperazine rings is 1. The smallest absolute Gasteiger partial charge is 0.433 e. The quantitative estimate of drug-likeness (QED) is 0.231. The molecule has 0 bridgehead atoms. The van der Waals surface area contributed by atoms with Crippen molar-refractivity contribution in [2.45, 2.75) is 0 Å². The molecule has 0 saturated carbocycles. The van der Waals surface area contributed by atoms with Gasteiger partial charge < -0.3 is 19.5 Å². The van der Waals surface area contributed by atoms with Gasteiger partial charge >= 0.3 is 17.8 Å². The first kappa shape index (κ1) is 23.5. The predicted molar refractivity (Wildman–Crippen MR) is 99.4 cm³/mol. The maximum absolute atomic E-state index is 11.7. The maximum Gasteiger partial charge on any atom is 0.433 e. The maximum atomic E-state index is 11.7. The van der Waals surface area contributed by atoms with Crippen LogP contribution in [-0.4, -0.2) is 88.8 Å². The SMILES string of the molecule is CN1CCN(CC(=O)NN=Cc2ccc([N+](=O)[O-])o2)CC1.O=C(O)C=CC(=O)O. The molecule has 1 aliphatic rings. The van der Waals surface area contributed by atoms with Crippen LogP contribution in [0, 0.1) is 10.1 Å². The highest BCUT2D eigenvalue weighted by molar-refractivity contribution is 5.89. The van der Waals surface area contributed by atoms with Crippen LogP contribution >= 0.6 is 0 Å². The number of carboxylic acids is 2. The molecule has 0 aliphatic carbocycles. The Morgan fingerprint density at radius 2 is 1.79 bits per heavy atom. The van der Waals surface area contributed by atoms with Crippen molar-refractivity contribution in [3.8, 4) is 0 Å². The van der Waals surface area contributed by atoms with Crippen molar-refractivity contribution in [3.05, 3.63) is 40.2 Å². The number of hydrogen-bond donors (Lipinski definition) is 3. The van der Waals surface area contributed by atoms with Crippen LogP contribution in [0.5, 0.6) is 0 Å². The minimum absolute atomic E-state index is 0.210. The number of nitro groups is 1. The number of nitrogens with zero attached hydrogens (tertiary/aromatic N) is 4. The van der Waals surface area contributed by atoms with Crippen LogP contribution in [0.2, 0.25) is 0 Å². The second-order valence-corrected chi connectivity index (χ2v) is 5.82. The van der Waals surface area contributed by atoms with Gasteiger partial charge in [-0.25, -0.2) is 15.0 Å². The lowest BCUT2D eigenvalue weighted by Crippen LogP contribution is -2.47. The summed E-state index contributed by atoms with van der Waals surface area (Å²) in [6, 6.07) is 2.64. The third kappa shape index (κ3) is 10.4. The van der Waals surface area contributed by atoms with Gasteiger partial charge in [0.15, 0.2) is 5.76 Å². The summed E-state index contributed by atoms with van der Waals surface area (Å²) in [7, 11) is 2.05. The van der Waals surface area contributed by atoms with Gasteiger partial charge in [0.1, 0.15) is 4.92 Å². The van der Waals surface area contributed by atoms with E-state index in [-0.39, 0.29) is 24.1 Å². The molecule has 0 unspecified atom stereocenters. The van der Waals surface area contributed by atoms with Gasteiger partial charge in [0, 0.05) is 38.3 Å². The number of carbonyl (C=O) groups excluding carboxylic acids is 1. The van der Waals surface area contributed by atoms with Crippen molar-refractivity contribution in [2.24, 2.45) is 5.10 Å². The minimum Gasteiger partial charge on any atom is -0.478 e. The van der Waals surface area contributed by atoms with E-state index in [2.05, 4.69) is 15.4 Å². The molecule has 1 fully saturated rings. The van der Waals surface area contributed by atoms with E-state index in [0.717, 1.165) is 26.2 Å². The van der Waals surface area contributed by atoms with E-state index in [1.807, 2.05) is 11.9 Å². The summed E-state index contributed by atoms with van der Waals surface area (Å²) in [5.41, 5.74) is 2.37. The highest BCUT2D eigenvalue weighted by Crippen LogP contribution is 2.13. The van der Waals surface area contributed by atoms with Gasteiger partial charge in [0.2, 0.25) is 0 Å². The van der Waals surface area contributed by atoms with Crippen LogP contribution < -0.4 is 5.43 Å². The number of hydrogen-bond acceptors (Lipinski definition) is 9. The van der Waals surface area contributed by atoms with Crippen LogP contribution in [-0.2, 0) is 14.4 Å². The van der Waals surface area contributed by atoms with Crippen LogP contribution in [0.4, 0.5) is 5.88 Å². The molecule has 1 amide bonds. The zero-order chi connectivity index (χ0) is 21.8. The number of carboxylic acid groups (broad SMARTS) is 2. The average molecular weight is 411 g/mol. The lowest BCUT2D eigenvalue weighted by Gasteiger charge is -2.31. The normalized spacial score (nSPS) is 15.1. The Morgan fingerprint density at radius 3 is 2.28 bits per heavy atom. The van der Waals surface area contributed by atoms with Crippen molar-refractivity contribution < 1.29 is 33.9 Å². The van der Waals surface area contributed by atoms with Crippen LogP contribution in [0.25, 0.3) is 0 Å². The Labute approximate surface area is 165 Å². The zero-order valence-electron chi connectivity index (χ0n) is 15.6. The van der Waals surface area contributed by atoms with Gasteiger partial charge in [0.05, 0.1) is 18.8 Å². The van der Waals surface area contributed by atoms with Gasteiger partial charge in [-0.05, 0) is 13.1 Å². The standard InChI is InChI=1S/C12H17N5O4.C4H4O4/c1-15-4-6-16(7-5-15)9-11(18)14-13-8-10-2-3-12(21-10)17(19)20;5-3(6)1-2-4(7)8/h2-3,8H,4-7,9H2,1H3,(H,14,18);1-2H,(H,5,6)(H,7,8). The molecule has 1 aliphatic heterocycles. The molecule has 1 aromatic rings. The van der Waals surface area contributed by atoms with Crippen LogP contribution in [0.3, 0.4) is 0 Å². The summed E-state index contributed by atoms with van der Waals surface area (Å²) >= 11 is 0. The van der Waals surface area contributed by atoms with E-state index in [1.165, 1.54) is 18.3 Å². The second kappa shape index (κ2) is 12.0. The number of furan rings is 1. The highest BCUT2D eigenvalue weighted by Gasteiger charge is 2.16. The molecule has 0 spiro atoms. The van der Waals surface area contributed by atoms with E-state index in [0.29, 0.717) is 12.2 Å². The van der Waals surface area contributed by atoms with Gasteiger partial charge in [-0.2, -0.15) is 5.10 Å². The first-order valence-electron chi connectivity index (χ1n) is 8.28. The van der Waals surface area contributed by atoms with Crippen LogP contribution in [0.1, 0.15) is 5.76 Å². The summed E-state index contributed by atoms with van der Waals surface area (Å²) in [4.78, 5) is 44.8. The molecule has 0 radical (unpaired) electrons. The molecule has 0 aromatic carbocycles. The molecular formula is C16H21N5O8. The van der Waals surface area contributed by atoms with Gasteiger partial charge in [-0.1, -0.05) is 0 Å². The monoisotopic (exact) mass is 411 g/mol. The zero-order valence-corrected chi connectivity index (χ0v) is 15.6. The molecule has 29 heavy (non-hydrogen) atoms. The second-order valence-electron chi connectivity index (χ2n) is 5.82. The molecule has 1 aromatic heterocycles. The van der Waals surface area contributed by atoms with Gasteiger partial charge in [-0.3, -0.25) is 19.8 Å². The van der Waals surface area contributed by atoms with E-state index >= 15 is 0 Å². The number of carbonyl (C=O) groups is 3. The van der Waals surface area contributed by atoms with E-state index in [4.69, 9.17) is 14.6 Å². The molecule has 0 atom stereocenters. The summed E-state index contributed by atoms with van der Waals surface area (Å²) in [5, 5.41) is 29.8. The number of rotatable bonds is 7. The van der Waals surface area contributed by atoms with Gasteiger partial charge in [0.25, 0.3) is 5.91 Å². The summed E-state index contributed by atoms with van der Waals surface area (Å²) in [6.07, 6.45) is 2.35. The fourth-order valence-corrected chi connectivity index (χ4v) is 2.06. The summed E-state index contributed by atoms with van der Waals surface area (Å²) < 4.78 is 4.87. The molecule has 13 heteroatoms. The molecule has 2 rings (SSSR count). The Bertz CT molecular complexity index is 764. The fraction of sp³-hybridized carbons (Fsp3) is 0.375. The van der Waals surface area contributed by atoms with Crippen LogP contribution in [0.15, 0.2) is 33.8 Å². The number of likely N-dealkylation sites (N-methyl/N-ethyl adjacent to an activating group) is 1. The molecule has 3 N–H and O–H groups in total. The lowest BCUT2D eigenvalue weighted by molar-refractivity contribution is -0.402. The first-order chi connectivity index (χ1) is 13.7. The van der Waals surface area contributed by atoms with Gasteiger partial charge in [-0.15, -0.1) is 0 Å².